The summed E-state index contributed by atoms with van der Waals surface area (Å²) < 4.78 is 11.1. The van der Waals surface area contributed by atoms with Crippen molar-refractivity contribution in [2.24, 2.45) is 0 Å². The molecule has 2 fully saturated rings. The van der Waals surface area contributed by atoms with Crippen LogP contribution in [0.15, 0.2) is 18.2 Å². The molecule has 1 aromatic carbocycles. The molecule has 0 radical (unpaired) electrons. The van der Waals surface area contributed by atoms with E-state index in [1.165, 1.54) is 0 Å². The van der Waals surface area contributed by atoms with E-state index in [-0.39, 0.29) is 0 Å². The maximum Gasteiger partial charge on any atom is 0.157 e. The molecule has 0 bridgehead atoms. The van der Waals surface area contributed by atoms with Crippen LogP contribution >= 0.6 is 0 Å². The average Bonchev–Trinajstić information content (AvgIpc) is 2.69. The summed E-state index contributed by atoms with van der Waals surface area (Å²) in [6.45, 7) is 5.03. The number of anilines is 2. The second-order valence-electron chi connectivity index (χ2n) is 7.79. The van der Waals surface area contributed by atoms with Crippen molar-refractivity contribution in [2.75, 3.05) is 10.6 Å². The molecular formula is C19H30N2O8. The third-order valence-electron chi connectivity index (χ3n) is 5.55. The van der Waals surface area contributed by atoms with Gasteiger partial charge in [-0.1, -0.05) is 6.07 Å². The van der Waals surface area contributed by atoms with Crippen LogP contribution in [0.2, 0.25) is 0 Å². The Kier molecular flexibility index (Phi) is 6.66. The van der Waals surface area contributed by atoms with E-state index < -0.39 is 61.3 Å². The molecule has 2 heterocycles. The lowest BCUT2D eigenvalue weighted by Crippen LogP contribution is -2.59. The normalized spacial score (nSPS) is 43.1. The van der Waals surface area contributed by atoms with Gasteiger partial charge in [-0.15, -0.1) is 0 Å². The van der Waals surface area contributed by atoms with E-state index in [9.17, 15) is 30.6 Å². The van der Waals surface area contributed by atoms with E-state index in [1.807, 2.05) is 6.92 Å². The van der Waals surface area contributed by atoms with Gasteiger partial charge in [-0.25, -0.2) is 0 Å². The first kappa shape index (κ1) is 22.2. The van der Waals surface area contributed by atoms with E-state index in [4.69, 9.17) is 9.47 Å². The number of ether oxygens (including phenoxy) is 2. The lowest BCUT2D eigenvalue weighted by Gasteiger charge is -2.40. The number of hydrogen-bond donors (Lipinski definition) is 8. The summed E-state index contributed by atoms with van der Waals surface area (Å²) >= 11 is 0. The lowest BCUT2D eigenvalue weighted by molar-refractivity contribution is -0.209. The number of benzene rings is 1. The van der Waals surface area contributed by atoms with Gasteiger partial charge in [-0.05, 0) is 38.5 Å². The van der Waals surface area contributed by atoms with Crippen LogP contribution < -0.4 is 10.6 Å². The smallest absolute Gasteiger partial charge is 0.157 e. The average molecular weight is 414 g/mol. The summed E-state index contributed by atoms with van der Waals surface area (Å²) in [6.07, 6.45) is -11.0. The second-order valence-corrected chi connectivity index (χ2v) is 7.79. The molecule has 0 amide bonds. The van der Waals surface area contributed by atoms with Gasteiger partial charge in [0.2, 0.25) is 0 Å². The molecule has 2 saturated heterocycles. The largest absolute Gasteiger partial charge is 0.388 e. The molecule has 1 aromatic rings. The molecule has 8 N–H and O–H groups in total. The molecule has 10 heteroatoms. The first-order chi connectivity index (χ1) is 13.6. The van der Waals surface area contributed by atoms with Gasteiger partial charge in [0.15, 0.2) is 12.5 Å². The van der Waals surface area contributed by atoms with Crippen molar-refractivity contribution in [1.29, 1.82) is 0 Å². The van der Waals surface area contributed by atoms with Gasteiger partial charge in [-0.2, -0.15) is 0 Å². The summed E-state index contributed by atoms with van der Waals surface area (Å²) in [6, 6.07) is 5.24. The molecule has 10 nitrogen and oxygen atoms in total. The Bertz CT molecular complexity index is 707. The highest BCUT2D eigenvalue weighted by atomic mass is 16.6. The lowest BCUT2D eigenvalue weighted by atomic mass is 9.98. The fraction of sp³-hybridized carbons (Fsp3) is 0.684. The highest BCUT2D eigenvalue weighted by Gasteiger charge is 2.43. The van der Waals surface area contributed by atoms with Gasteiger partial charge in [0, 0.05) is 11.4 Å². The van der Waals surface area contributed by atoms with Gasteiger partial charge in [0.25, 0.3) is 0 Å². The predicted molar refractivity (Wildman–Crippen MR) is 103 cm³/mol. The predicted octanol–water partition coefficient (Wildman–Crippen LogP) is -1.53. The van der Waals surface area contributed by atoms with Gasteiger partial charge in [-0.3, -0.25) is 0 Å². The van der Waals surface area contributed by atoms with E-state index in [2.05, 4.69) is 10.6 Å². The minimum atomic E-state index is -1.35. The fourth-order valence-corrected chi connectivity index (χ4v) is 3.53. The van der Waals surface area contributed by atoms with Gasteiger partial charge < -0.3 is 50.7 Å². The number of aliphatic hydroxyl groups excluding tert-OH is 6. The van der Waals surface area contributed by atoms with Crippen LogP contribution in [0.1, 0.15) is 19.4 Å². The molecule has 0 saturated carbocycles. The number of nitrogens with one attached hydrogen (secondary N) is 2. The second kappa shape index (κ2) is 8.70. The van der Waals surface area contributed by atoms with Crippen LogP contribution in [0.4, 0.5) is 11.4 Å². The zero-order valence-electron chi connectivity index (χ0n) is 16.5. The molecule has 164 valence electrons. The first-order valence-corrected chi connectivity index (χ1v) is 9.63. The molecule has 0 spiro atoms. The Hall–Kier alpha value is -1.50. The van der Waals surface area contributed by atoms with Crippen molar-refractivity contribution in [3.63, 3.8) is 0 Å². The Morgan fingerprint density at radius 3 is 1.69 bits per heavy atom. The third-order valence-corrected chi connectivity index (χ3v) is 5.55. The van der Waals surface area contributed by atoms with Crippen LogP contribution in [0.5, 0.6) is 0 Å². The zero-order valence-corrected chi connectivity index (χ0v) is 16.5. The fourth-order valence-electron chi connectivity index (χ4n) is 3.53. The van der Waals surface area contributed by atoms with Crippen LogP contribution in [0, 0.1) is 6.92 Å². The summed E-state index contributed by atoms with van der Waals surface area (Å²) in [5, 5.41) is 65.9. The molecule has 29 heavy (non-hydrogen) atoms. The minimum absolute atomic E-state index is 0.553. The minimum Gasteiger partial charge on any atom is -0.388 e. The molecular weight excluding hydrogens is 384 g/mol. The Labute approximate surface area is 168 Å². The summed E-state index contributed by atoms with van der Waals surface area (Å²) in [7, 11) is 0. The first-order valence-electron chi connectivity index (χ1n) is 9.63. The molecule has 0 aromatic heterocycles. The maximum atomic E-state index is 10.2. The van der Waals surface area contributed by atoms with Crippen molar-refractivity contribution < 1.29 is 40.1 Å². The third kappa shape index (κ3) is 4.49. The summed E-state index contributed by atoms with van der Waals surface area (Å²) in [5.74, 6) is 0. The molecule has 3 rings (SSSR count). The van der Waals surface area contributed by atoms with Crippen LogP contribution in [0.25, 0.3) is 0 Å². The van der Waals surface area contributed by atoms with Gasteiger partial charge >= 0.3 is 0 Å². The molecule has 10 atom stereocenters. The topological polar surface area (TPSA) is 164 Å². The Morgan fingerprint density at radius 2 is 1.17 bits per heavy atom. The highest BCUT2D eigenvalue weighted by Crippen LogP contribution is 2.28. The Balaban J connectivity index is 1.73. The molecule has 2 aliphatic heterocycles. The maximum absolute atomic E-state index is 10.2. The number of aryl methyl sites for hydroxylation is 1. The van der Waals surface area contributed by atoms with E-state index in [1.54, 1.807) is 32.0 Å². The number of rotatable bonds is 4. The van der Waals surface area contributed by atoms with Crippen molar-refractivity contribution >= 4 is 11.4 Å². The van der Waals surface area contributed by atoms with Crippen molar-refractivity contribution in [2.45, 2.75) is 82.1 Å². The quantitative estimate of drug-likeness (QED) is 0.290. The van der Waals surface area contributed by atoms with E-state index >= 15 is 0 Å². The Morgan fingerprint density at radius 1 is 0.690 bits per heavy atom. The van der Waals surface area contributed by atoms with Crippen molar-refractivity contribution in [3.05, 3.63) is 23.8 Å². The van der Waals surface area contributed by atoms with Crippen molar-refractivity contribution in [1.82, 2.24) is 0 Å². The zero-order chi connectivity index (χ0) is 21.5. The van der Waals surface area contributed by atoms with E-state index in [0.29, 0.717) is 11.4 Å². The van der Waals surface area contributed by atoms with Crippen LogP contribution in [0.3, 0.4) is 0 Å². The highest BCUT2D eigenvalue weighted by molar-refractivity contribution is 5.61. The molecule has 0 unspecified atom stereocenters. The van der Waals surface area contributed by atoms with Gasteiger partial charge in [0.1, 0.15) is 36.6 Å². The molecule has 0 aliphatic carbocycles. The number of aliphatic hydroxyl groups is 6. The summed E-state index contributed by atoms with van der Waals surface area (Å²) in [4.78, 5) is 0. The van der Waals surface area contributed by atoms with Crippen LogP contribution in [-0.4, -0.2) is 91.9 Å². The SMILES string of the molecule is Cc1ccc(N[C@@H]2O[C@H](C)[C@H](O)[C@H](O)[C@@H]2O)cc1N[C@@H]1O[C@H](C)[C@H](O)[C@@H](O)[C@@H]1O. The van der Waals surface area contributed by atoms with Crippen molar-refractivity contribution in [3.8, 4) is 0 Å². The van der Waals surface area contributed by atoms with Crippen LogP contribution in [-0.2, 0) is 9.47 Å². The van der Waals surface area contributed by atoms with E-state index in [0.717, 1.165) is 5.56 Å². The summed E-state index contributed by atoms with van der Waals surface area (Å²) in [5.41, 5.74) is 1.97. The number of hydrogen-bond acceptors (Lipinski definition) is 10. The standard InChI is InChI=1S/C19H30N2O8/c1-7-4-5-10(20-18-16(26)14(24)12(22)8(2)28-18)6-11(7)21-19-17(27)15(25)13(23)9(3)29-19/h4-6,8-9,12-27H,1-3H3/t8-,9-,12+,13+,14+,15-,16+,17+,18-,19-/m1/s1. The van der Waals surface area contributed by atoms with Gasteiger partial charge in [0.05, 0.1) is 12.2 Å². The molecule has 2 aliphatic rings. The monoisotopic (exact) mass is 414 g/mol.